The second-order valence-electron chi connectivity index (χ2n) is 4.57. The molecule has 1 heterocycles. The summed E-state index contributed by atoms with van der Waals surface area (Å²) in [5, 5.41) is 8.98. The lowest BCUT2D eigenvalue weighted by atomic mass is 10.0. The molecule has 1 N–H and O–H groups in total. The van der Waals surface area contributed by atoms with Crippen molar-refractivity contribution < 1.29 is 9.90 Å². The van der Waals surface area contributed by atoms with Crippen molar-refractivity contribution in [3.63, 3.8) is 0 Å². The second-order valence-corrected chi connectivity index (χ2v) is 4.57. The molecule has 1 aromatic heterocycles. The first kappa shape index (κ1) is 11.0. The molecule has 0 atom stereocenters. The maximum atomic E-state index is 10.9. The van der Waals surface area contributed by atoms with Gasteiger partial charge in [-0.15, -0.1) is 0 Å². The van der Waals surface area contributed by atoms with E-state index < -0.39 is 5.97 Å². The van der Waals surface area contributed by atoms with E-state index in [0.717, 1.165) is 24.1 Å². The van der Waals surface area contributed by atoms with Crippen LogP contribution in [0.1, 0.15) is 27.9 Å². The Morgan fingerprint density at radius 3 is 2.78 bits per heavy atom. The van der Waals surface area contributed by atoms with Gasteiger partial charge in [0, 0.05) is 11.8 Å². The van der Waals surface area contributed by atoms with E-state index in [1.165, 1.54) is 23.6 Å². The monoisotopic (exact) mass is 239 g/mol. The van der Waals surface area contributed by atoms with Gasteiger partial charge in [-0.1, -0.05) is 12.1 Å². The topological polar surface area (TPSA) is 50.2 Å². The Labute approximate surface area is 105 Å². The zero-order valence-corrected chi connectivity index (χ0v) is 9.89. The maximum Gasteiger partial charge on any atom is 0.335 e. The molecular formula is C15H13NO2. The predicted octanol–water partition coefficient (Wildman–Crippen LogP) is 2.94. The van der Waals surface area contributed by atoms with Crippen molar-refractivity contribution in [3.8, 4) is 11.3 Å². The van der Waals surface area contributed by atoms with Gasteiger partial charge in [0.2, 0.25) is 0 Å². The van der Waals surface area contributed by atoms with Crippen LogP contribution in [0.3, 0.4) is 0 Å². The first-order valence-corrected chi connectivity index (χ1v) is 6.05. The van der Waals surface area contributed by atoms with Gasteiger partial charge in [-0.3, -0.25) is 4.98 Å². The van der Waals surface area contributed by atoms with Crippen LogP contribution in [-0.4, -0.2) is 16.1 Å². The average molecular weight is 239 g/mol. The molecule has 18 heavy (non-hydrogen) atoms. The standard InChI is InChI=1S/C15H13NO2/c17-15(18)13-6-7-16-14(9-13)12-5-4-10-2-1-3-11(10)8-12/h4-9H,1-3H2,(H,17,18). The highest BCUT2D eigenvalue weighted by atomic mass is 16.4. The van der Waals surface area contributed by atoms with Crippen molar-refractivity contribution in [2.75, 3.05) is 0 Å². The lowest BCUT2D eigenvalue weighted by Gasteiger charge is -2.05. The Morgan fingerprint density at radius 2 is 1.94 bits per heavy atom. The summed E-state index contributed by atoms with van der Waals surface area (Å²) in [6.45, 7) is 0. The van der Waals surface area contributed by atoms with E-state index in [2.05, 4.69) is 17.1 Å². The number of aromatic carboxylic acids is 1. The summed E-state index contributed by atoms with van der Waals surface area (Å²) in [6.07, 6.45) is 5.02. The molecule has 0 amide bonds. The zero-order valence-electron chi connectivity index (χ0n) is 9.89. The first-order chi connectivity index (χ1) is 8.74. The molecule has 2 aromatic rings. The van der Waals surface area contributed by atoms with Crippen LogP contribution in [0.25, 0.3) is 11.3 Å². The van der Waals surface area contributed by atoms with Crippen LogP contribution in [0.4, 0.5) is 0 Å². The van der Waals surface area contributed by atoms with Crippen LogP contribution < -0.4 is 0 Å². The number of hydrogen-bond donors (Lipinski definition) is 1. The summed E-state index contributed by atoms with van der Waals surface area (Å²) in [6, 6.07) is 9.43. The summed E-state index contributed by atoms with van der Waals surface area (Å²) in [5.74, 6) is -0.917. The Kier molecular flexibility index (Phi) is 2.59. The number of pyridine rings is 1. The Balaban J connectivity index is 2.04. The van der Waals surface area contributed by atoms with Gasteiger partial charge in [0.1, 0.15) is 0 Å². The van der Waals surface area contributed by atoms with E-state index in [-0.39, 0.29) is 5.56 Å². The Hall–Kier alpha value is -2.16. The third-order valence-electron chi connectivity index (χ3n) is 3.40. The lowest BCUT2D eigenvalue weighted by Crippen LogP contribution is -1.97. The third kappa shape index (κ3) is 1.88. The molecule has 1 aliphatic rings. The maximum absolute atomic E-state index is 10.9. The fraction of sp³-hybridized carbons (Fsp3) is 0.200. The van der Waals surface area contributed by atoms with Gasteiger partial charge in [0.15, 0.2) is 0 Å². The first-order valence-electron chi connectivity index (χ1n) is 6.05. The summed E-state index contributed by atoms with van der Waals surface area (Å²) < 4.78 is 0. The number of fused-ring (bicyclic) bond motifs is 1. The molecule has 0 saturated carbocycles. The molecule has 1 aromatic carbocycles. The van der Waals surface area contributed by atoms with Gasteiger partial charge < -0.3 is 5.11 Å². The summed E-state index contributed by atoms with van der Waals surface area (Å²) in [5.41, 5.74) is 4.78. The van der Waals surface area contributed by atoms with Crippen molar-refractivity contribution >= 4 is 5.97 Å². The van der Waals surface area contributed by atoms with Crippen LogP contribution in [0.5, 0.6) is 0 Å². The van der Waals surface area contributed by atoms with Crippen molar-refractivity contribution in [2.45, 2.75) is 19.3 Å². The SMILES string of the molecule is O=C(O)c1ccnc(-c2ccc3c(c2)CCC3)c1. The van der Waals surface area contributed by atoms with Crippen LogP contribution in [0.15, 0.2) is 36.5 Å². The van der Waals surface area contributed by atoms with Gasteiger partial charge in [-0.25, -0.2) is 4.79 Å². The number of hydrogen-bond acceptors (Lipinski definition) is 2. The van der Waals surface area contributed by atoms with Crippen LogP contribution >= 0.6 is 0 Å². The molecule has 0 fully saturated rings. The quantitative estimate of drug-likeness (QED) is 0.876. The van der Waals surface area contributed by atoms with E-state index in [1.807, 2.05) is 6.07 Å². The highest BCUT2D eigenvalue weighted by molar-refractivity contribution is 5.88. The van der Waals surface area contributed by atoms with E-state index in [4.69, 9.17) is 5.11 Å². The molecule has 1 aliphatic carbocycles. The van der Waals surface area contributed by atoms with Gasteiger partial charge in [0.05, 0.1) is 11.3 Å². The Bertz CT molecular complexity index is 620. The minimum Gasteiger partial charge on any atom is -0.478 e. The van der Waals surface area contributed by atoms with Gasteiger partial charge in [-0.05, 0) is 48.6 Å². The second kappa shape index (κ2) is 4.26. The number of aromatic nitrogens is 1. The van der Waals surface area contributed by atoms with Crippen LogP contribution in [0.2, 0.25) is 0 Å². The number of rotatable bonds is 2. The normalized spacial score (nSPS) is 13.3. The fourth-order valence-corrected chi connectivity index (χ4v) is 2.45. The molecule has 0 radical (unpaired) electrons. The van der Waals surface area contributed by atoms with Crippen molar-refractivity contribution in [2.24, 2.45) is 0 Å². The fourth-order valence-electron chi connectivity index (χ4n) is 2.45. The number of aryl methyl sites for hydroxylation is 2. The highest BCUT2D eigenvalue weighted by Crippen LogP contribution is 2.27. The van der Waals surface area contributed by atoms with Crippen LogP contribution in [0, 0.1) is 0 Å². The molecule has 0 aliphatic heterocycles. The summed E-state index contributed by atoms with van der Waals surface area (Å²) in [4.78, 5) is 15.2. The number of nitrogens with zero attached hydrogens (tertiary/aromatic N) is 1. The van der Waals surface area contributed by atoms with Crippen molar-refractivity contribution in [1.29, 1.82) is 0 Å². The third-order valence-corrected chi connectivity index (χ3v) is 3.40. The molecule has 0 spiro atoms. The van der Waals surface area contributed by atoms with Crippen LogP contribution in [-0.2, 0) is 12.8 Å². The molecular weight excluding hydrogens is 226 g/mol. The molecule has 90 valence electrons. The zero-order chi connectivity index (χ0) is 12.5. The number of carboxylic acid groups (broad SMARTS) is 1. The van der Waals surface area contributed by atoms with E-state index in [1.54, 1.807) is 12.3 Å². The van der Waals surface area contributed by atoms with Gasteiger partial charge >= 0.3 is 5.97 Å². The van der Waals surface area contributed by atoms with E-state index in [9.17, 15) is 4.79 Å². The minimum absolute atomic E-state index is 0.278. The van der Waals surface area contributed by atoms with Gasteiger partial charge in [0.25, 0.3) is 0 Å². The molecule has 0 saturated heterocycles. The lowest BCUT2D eigenvalue weighted by molar-refractivity contribution is 0.0697. The van der Waals surface area contributed by atoms with Gasteiger partial charge in [-0.2, -0.15) is 0 Å². The number of carboxylic acids is 1. The summed E-state index contributed by atoms with van der Waals surface area (Å²) in [7, 11) is 0. The number of carbonyl (C=O) groups is 1. The molecule has 0 bridgehead atoms. The molecule has 0 unspecified atom stereocenters. The summed E-state index contributed by atoms with van der Waals surface area (Å²) >= 11 is 0. The van der Waals surface area contributed by atoms with E-state index >= 15 is 0 Å². The van der Waals surface area contributed by atoms with Crippen molar-refractivity contribution in [3.05, 3.63) is 53.2 Å². The van der Waals surface area contributed by atoms with Crippen molar-refractivity contribution in [1.82, 2.24) is 4.98 Å². The number of benzene rings is 1. The minimum atomic E-state index is -0.917. The Morgan fingerprint density at radius 1 is 1.11 bits per heavy atom. The molecule has 3 nitrogen and oxygen atoms in total. The molecule has 3 rings (SSSR count). The molecule has 3 heteroatoms. The van der Waals surface area contributed by atoms with E-state index in [0.29, 0.717) is 0 Å². The largest absolute Gasteiger partial charge is 0.478 e. The predicted molar refractivity (Wildman–Crippen MR) is 68.7 cm³/mol. The average Bonchev–Trinajstić information content (AvgIpc) is 2.86. The highest BCUT2D eigenvalue weighted by Gasteiger charge is 2.12. The smallest absolute Gasteiger partial charge is 0.335 e.